The predicted octanol–water partition coefficient (Wildman–Crippen LogP) is 3.25. The highest BCUT2D eigenvalue weighted by atomic mass is 16.6. The quantitative estimate of drug-likeness (QED) is 0.790. The van der Waals surface area contributed by atoms with Crippen LogP contribution in [0.2, 0.25) is 0 Å². The van der Waals surface area contributed by atoms with Crippen molar-refractivity contribution in [3.05, 3.63) is 52.9 Å². The van der Waals surface area contributed by atoms with E-state index < -0.39 is 17.7 Å². The Labute approximate surface area is 171 Å². The first-order valence-electron chi connectivity index (χ1n) is 9.76. The Hall–Kier alpha value is -2.80. The summed E-state index contributed by atoms with van der Waals surface area (Å²) in [5, 5.41) is 3.31. The predicted molar refractivity (Wildman–Crippen MR) is 111 cm³/mol. The number of ether oxygens (including phenoxy) is 2. The van der Waals surface area contributed by atoms with Crippen molar-refractivity contribution in [2.24, 2.45) is 7.05 Å². The molecule has 7 nitrogen and oxygen atoms in total. The number of aromatic nitrogens is 1. The van der Waals surface area contributed by atoms with Crippen LogP contribution >= 0.6 is 0 Å². The van der Waals surface area contributed by atoms with Gasteiger partial charge in [-0.1, -0.05) is 12.2 Å². The van der Waals surface area contributed by atoms with Crippen LogP contribution in [0.15, 0.2) is 41.6 Å². The SMILES string of the molecule is COC(=O)c1cc(C2=CC=C(C3=CCNCC3)CN2C(=O)OC(C)(C)C)n(C)c1. The van der Waals surface area contributed by atoms with E-state index in [9.17, 15) is 9.59 Å². The van der Waals surface area contributed by atoms with Gasteiger partial charge in [0.05, 0.1) is 30.6 Å². The fourth-order valence-electron chi connectivity index (χ4n) is 3.45. The topological polar surface area (TPSA) is 72.8 Å². The maximum absolute atomic E-state index is 13.0. The number of carbonyl (C=O) groups is 2. The van der Waals surface area contributed by atoms with Crippen molar-refractivity contribution in [3.8, 4) is 0 Å². The highest BCUT2D eigenvalue weighted by molar-refractivity contribution is 5.91. The number of nitrogens with one attached hydrogen (secondary N) is 1. The summed E-state index contributed by atoms with van der Waals surface area (Å²) in [6.45, 7) is 7.72. The molecule has 1 N–H and O–H groups in total. The van der Waals surface area contributed by atoms with Gasteiger partial charge in [-0.25, -0.2) is 9.59 Å². The molecule has 0 spiro atoms. The van der Waals surface area contributed by atoms with E-state index in [4.69, 9.17) is 9.47 Å². The zero-order valence-corrected chi connectivity index (χ0v) is 17.7. The van der Waals surface area contributed by atoms with Gasteiger partial charge in [-0.15, -0.1) is 0 Å². The van der Waals surface area contributed by atoms with Crippen LogP contribution in [0.5, 0.6) is 0 Å². The molecule has 0 aliphatic carbocycles. The molecule has 1 aromatic rings. The van der Waals surface area contributed by atoms with E-state index in [1.54, 1.807) is 17.2 Å². The molecule has 0 radical (unpaired) electrons. The minimum Gasteiger partial charge on any atom is -0.465 e. The average molecular weight is 399 g/mol. The first kappa shape index (κ1) is 20.9. The third-order valence-corrected chi connectivity index (χ3v) is 4.84. The van der Waals surface area contributed by atoms with Crippen LogP contribution in [0, 0.1) is 0 Å². The molecule has 0 bridgehead atoms. The molecule has 0 unspecified atom stereocenters. The summed E-state index contributed by atoms with van der Waals surface area (Å²) >= 11 is 0. The number of hydrogen-bond donors (Lipinski definition) is 1. The van der Waals surface area contributed by atoms with Gasteiger partial charge in [0.25, 0.3) is 0 Å². The molecular formula is C22H29N3O4. The number of rotatable bonds is 3. The van der Waals surface area contributed by atoms with Crippen molar-refractivity contribution in [2.45, 2.75) is 32.8 Å². The Balaban J connectivity index is 2.00. The van der Waals surface area contributed by atoms with Crippen LogP contribution in [-0.4, -0.2) is 53.9 Å². The van der Waals surface area contributed by atoms with Gasteiger partial charge < -0.3 is 19.4 Å². The monoisotopic (exact) mass is 399 g/mol. The highest BCUT2D eigenvalue weighted by Crippen LogP contribution is 2.31. The average Bonchev–Trinajstić information content (AvgIpc) is 3.07. The molecule has 0 aromatic carbocycles. The van der Waals surface area contributed by atoms with Gasteiger partial charge in [0.15, 0.2) is 0 Å². The first-order valence-corrected chi connectivity index (χ1v) is 9.76. The highest BCUT2D eigenvalue weighted by Gasteiger charge is 2.30. The van der Waals surface area contributed by atoms with E-state index in [1.807, 2.05) is 38.5 Å². The molecule has 0 saturated carbocycles. The van der Waals surface area contributed by atoms with Crippen molar-refractivity contribution >= 4 is 17.8 Å². The smallest absolute Gasteiger partial charge is 0.415 e. The van der Waals surface area contributed by atoms with Crippen molar-refractivity contribution in [2.75, 3.05) is 26.7 Å². The summed E-state index contributed by atoms with van der Waals surface area (Å²) in [6, 6.07) is 1.73. The molecule has 1 aromatic heterocycles. The molecule has 156 valence electrons. The maximum atomic E-state index is 13.0. The summed E-state index contributed by atoms with van der Waals surface area (Å²) < 4.78 is 12.3. The lowest BCUT2D eigenvalue weighted by Gasteiger charge is -2.33. The molecule has 3 rings (SSSR count). The lowest BCUT2D eigenvalue weighted by Crippen LogP contribution is -2.38. The molecule has 0 saturated heterocycles. The van der Waals surface area contributed by atoms with E-state index in [0.29, 0.717) is 17.8 Å². The number of hydrogen-bond acceptors (Lipinski definition) is 5. The molecule has 7 heteroatoms. The molecule has 0 fully saturated rings. The van der Waals surface area contributed by atoms with Gasteiger partial charge in [0.1, 0.15) is 5.60 Å². The fourth-order valence-corrected chi connectivity index (χ4v) is 3.45. The minimum atomic E-state index is -0.608. The Bertz CT molecular complexity index is 900. The molecule has 3 heterocycles. The minimum absolute atomic E-state index is 0.412. The summed E-state index contributed by atoms with van der Waals surface area (Å²) in [5.74, 6) is -0.414. The molecular weight excluding hydrogens is 370 g/mol. The lowest BCUT2D eigenvalue weighted by atomic mass is 9.96. The number of aryl methyl sites for hydroxylation is 1. The van der Waals surface area contributed by atoms with Gasteiger partial charge in [0.2, 0.25) is 0 Å². The van der Waals surface area contributed by atoms with Gasteiger partial charge in [0, 0.05) is 19.8 Å². The van der Waals surface area contributed by atoms with E-state index in [2.05, 4.69) is 17.5 Å². The Morgan fingerprint density at radius 2 is 1.93 bits per heavy atom. The zero-order chi connectivity index (χ0) is 21.2. The zero-order valence-electron chi connectivity index (χ0n) is 17.7. The number of esters is 1. The Morgan fingerprint density at radius 3 is 2.55 bits per heavy atom. The molecule has 2 aliphatic rings. The number of nitrogens with zero attached hydrogens (tertiary/aromatic N) is 2. The maximum Gasteiger partial charge on any atom is 0.415 e. The molecule has 1 amide bonds. The first-order chi connectivity index (χ1) is 13.7. The van der Waals surface area contributed by atoms with Gasteiger partial charge in [-0.05, 0) is 57.0 Å². The summed E-state index contributed by atoms with van der Waals surface area (Å²) in [7, 11) is 3.19. The third-order valence-electron chi connectivity index (χ3n) is 4.84. The largest absolute Gasteiger partial charge is 0.465 e. The molecule has 2 aliphatic heterocycles. The number of carbonyl (C=O) groups excluding carboxylic acids is 2. The standard InChI is InChI=1S/C22H29N3O4/c1-22(2,3)29-21(27)25-14-16(15-8-10-23-11-9-15)6-7-18(25)19-12-17(13-24(19)4)20(26)28-5/h6-8,12-13,23H,9-11,14H2,1-5H3. The second-order valence-electron chi connectivity index (χ2n) is 8.21. The van der Waals surface area contributed by atoms with Crippen LogP contribution in [0.1, 0.15) is 43.2 Å². The van der Waals surface area contributed by atoms with Crippen LogP contribution in [0.4, 0.5) is 4.79 Å². The summed E-state index contributed by atoms with van der Waals surface area (Å²) in [6.07, 6.45) is 8.35. The van der Waals surface area contributed by atoms with Crippen molar-refractivity contribution in [1.29, 1.82) is 0 Å². The van der Waals surface area contributed by atoms with Gasteiger partial charge in [-0.3, -0.25) is 4.90 Å². The van der Waals surface area contributed by atoms with Gasteiger partial charge in [-0.2, -0.15) is 0 Å². The van der Waals surface area contributed by atoms with Crippen LogP contribution in [0.25, 0.3) is 5.70 Å². The van der Waals surface area contributed by atoms with Crippen LogP contribution in [-0.2, 0) is 16.5 Å². The molecule has 0 atom stereocenters. The molecule has 29 heavy (non-hydrogen) atoms. The Kier molecular flexibility index (Phi) is 5.98. The van der Waals surface area contributed by atoms with Gasteiger partial charge >= 0.3 is 12.1 Å². The number of allylic oxidation sites excluding steroid dienone is 2. The fraction of sp³-hybridized carbons (Fsp3) is 0.455. The van der Waals surface area contributed by atoms with E-state index in [1.165, 1.54) is 12.7 Å². The third kappa shape index (κ3) is 4.79. The van der Waals surface area contributed by atoms with Crippen molar-refractivity contribution < 1.29 is 19.1 Å². The van der Waals surface area contributed by atoms with Crippen LogP contribution in [0.3, 0.4) is 0 Å². The summed E-state index contributed by atoms with van der Waals surface area (Å²) in [4.78, 5) is 26.6. The van der Waals surface area contributed by atoms with E-state index >= 15 is 0 Å². The van der Waals surface area contributed by atoms with Crippen LogP contribution < -0.4 is 5.32 Å². The normalized spacial score (nSPS) is 17.3. The lowest BCUT2D eigenvalue weighted by molar-refractivity contribution is 0.0363. The Morgan fingerprint density at radius 1 is 1.17 bits per heavy atom. The second kappa shape index (κ2) is 8.29. The van der Waals surface area contributed by atoms with Crippen molar-refractivity contribution in [3.63, 3.8) is 0 Å². The second-order valence-corrected chi connectivity index (χ2v) is 8.21. The van der Waals surface area contributed by atoms with Crippen molar-refractivity contribution in [1.82, 2.24) is 14.8 Å². The number of amides is 1. The summed E-state index contributed by atoms with van der Waals surface area (Å²) in [5.41, 5.74) is 3.60. The van der Waals surface area contributed by atoms with E-state index in [0.717, 1.165) is 30.8 Å². The van der Waals surface area contributed by atoms with E-state index in [-0.39, 0.29) is 0 Å². The number of methoxy groups -OCH3 is 1.